The van der Waals surface area contributed by atoms with Crippen LogP contribution in [0.5, 0.6) is 0 Å². The first kappa shape index (κ1) is 17.8. The van der Waals surface area contributed by atoms with Gasteiger partial charge in [0.25, 0.3) is 0 Å². The Balaban J connectivity index is 1.63. The van der Waals surface area contributed by atoms with E-state index in [9.17, 15) is 18.4 Å². The third-order valence-electron chi connectivity index (χ3n) is 4.89. The lowest BCUT2D eigenvalue weighted by molar-refractivity contribution is -0.132. The van der Waals surface area contributed by atoms with Crippen LogP contribution < -0.4 is 11.1 Å². The fraction of sp³-hybridized carbons (Fsp3) is 0.150. The van der Waals surface area contributed by atoms with Gasteiger partial charge in [-0.05, 0) is 42.7 Å². The maximum Gasteiger partial charge on any atom is 0.240 e. The summed E-state index contributed by atoms with van der Waals surface area (Å²) in [6.07, 6.45) is 4.15. The molecule has 0 aliphatic heterocycles. The number of hydrogen-bond acceptors (Lipinski definition) is 3. The van der Waals surface area contributed by atoms with Gasteiger partial charge in [-0.15, -0.1) is 0 Å². The summed E-state index contributed by atoms with van der Waals surface area (Å²) in [7, 11) is 0. The zero-order valence-electron chi connectivity index (χ0n) is 14.6. The molecule has 1 heterocycles. The minimum Gasteiger partial charge on any atom is -0.369 e. The minimum absolute atomic E-state index is 0.0529. The first-order valence-corrected chi connectivity index (χ1v) is 8.62. The lowest BCUT2D eigenvalue weighted by atomic mass is 10.1. The highest BCUT2D eigenvalue weighted by atomic mass is 19.1. The average Bonchev–Trinajstić information content (AvgIpc) is 3.40. The van der Waals surface area contributed by atoms with Crippen molar-refractivity contribution >= 4 is 40.6 Å². The molecule has 1 saturated carbocycles. The van der Waals surface area contributed by atoms with Crippen molar-refractivity contribution in [3.8, 4) is 0 Å². The quantitative estimate of drug-likeness (QED) is 0.591. The zero-order valence-corrected chi connectivity index (χ0v) is 14.6. The summed E-state index contributed by atoms with van der Waals surface area (Å²) in [5, 5.41) is 9.91. The first-order chi connectivity index (χ1) is 13.4. The van der Waals surface area contributed by atoms with E-state index in [1.54, 1.807) is 24.3 Å². The van der Waals surface area contributed by atoms with Gasteiger partial charge < -0.3 is 11.1 Å². The predicted molar refractivity (Wildman–Crippen MR) is 101 cm³/mol. The van der Waals surface area contributed by atoms with Gasteiger partial charge in [0.05, 0.1) is 16.9 Å². The molecule has 142 valence electrons. The van der Waals surface area contributed by atoms with Gasteiger partial charge in [-0.2, -0.15) is 5.10 Å². The van der Waals surface area contributed by atoms with Gasteiger partial charge in [-0.1, -0.05) is 18.2 Å². The van der Waals surface area contributed by atoms with Crippen LogP contribution in [-0.2, 0) is 9.59 Å². The summed E-state index contributed by atoms with van der Waals surface area (Å²) >= 11 is 0. The van der Waals surface area contributed by atoms with Gasteiger partial charge >= 0.3 is 0 Å². The van der Waals surface area contributed by atoms with E-state index in [1.807, 2.05) is 0 Å². The Kier molecular flexibility index (Phi) is 4.18. The van der Waals surface area contributed by atoms with E-state index in [2.05, 4.69) is 15.5 Å². The number of amides is 2. The lowest BCUT2D eigenvalue weighted by Gasteiger charge is -2.12. The summed E-state index contributed by atoms with van der Waals surface area (Å²) < 4.78 is 27.3. The van der Waals surface area contributed by atoms with Crippen molar-refractivity contribution in [2.75, 3.05) is 5.32 Å². The molecule has 0 atom stereocenters. The molecule has 0 bridgehead atoms. The number of nitrogens with two attached hydrogens (primary N) is 1. The molecule has 1 aliphatic rings. The molecule has 0 radical (unpaired) electrons. The van der Waals surface area contributed by atoms with Gasteiger partial charge in [0, 0.05) is 11.5 Å². The Morgan fingerprint density at radius 1 is 1.14 bits per heavy atom. The molecule has 3 aromatic rings. The van der Waals surface area contributed by atoms with Crippen LogP contribution in [0.4, 0.5) is 14.5 Å². The van der Waals surface area contributed by atoms with Crippen LogP contribution in [0.2, 0.25) is 0 Å². The monoisotopic (exact) mass is 382 g/mol. The number of nitrogens with zero attached hydrogens (tertiary/aromatic N) is 1. The Bertz CT molecular complexity index is 1120. The van der Waals surface area contributed by atoms with Gasteiger partial charge in [0.1, 0.15) is 17.0 Å². The highest BCUT2D eigenvalue weighted by Gasteiger charge is 2.55. The van der Waals surface area contributed by atoms with Crippen molar-refractivity contribution < 1.29 is 18.4 Å². The number of aromatic amines is 1. The predicted octanol–water partition coefficient (Wildman–Crippen LogP) is 3.22. The molecule has 0 unspecified atom stereocenters. The normalized spacial score (nSPS) is 15.1. The fourth-order valence-corrected chi connectivity index (χ4v) is 2.98. The zero-order chi connectivity index (χ0) is 19.9. The van der Waals surface area contributed by atoms with E-state index in [-0.39, 0.29) is 11.5 Å². The molecule has 1 fully saturated rings. The van der Waals surface area contributed by atoms with Crippen LogP contribution in [0.25, 0.3) is 23.1 Å². The summed E-state index contributed by atoms with van der Waals surface area (Å²) in [4.78, 5) is 23.8. The number of hydrogen-bond donors (Lipinski definition) is 3. The largest absolute Gasteiger partial charge is 0.369 e. The number of primary amides is 1. The van der Waals surface area contributed by atoms with Gasteiger partial charge in [0.15, 0.2) is 0 Å². The van der Waals surface area contributed by atoms with Gasteiger partial charge in [0.2, 0.25) is 11.8 Å². The summed E-state index contributed by atoms with van der Waals surface area (Å²) in [5.41, 5.74) is 5.72. The Morgan fingerprint density at radius 2 is 1.86 bits per heavy atom. The fourth-order valence-electron chi connectivity index (χ4n) is 2.98. The van der Waals surface area contributed by atoms with Crippen LogP contribution in [0.15, 0.2) is 36.4 Å². The lowest BCUT2D eigenvalue weighted by Crippen LogP contribution is -2.36. The molecular weight excluding hydrogens is 366 g/mol. The molecule has 2 aromatic carbocycles. The molecule has 1 aliphatic carbocycles. The minimum atomic E-state index is -1.25. The molecule has 0 spiro atoms. The van der Waals surface area contributed by atoms with E-state index in [0.717, 1.165) is 5.56 Å². The van der Waals surface area contributed by atoms with Crippen molar-refractivity contribution in [1.29, 1.82) is 0 Å². The standard InChI is InChI=1S/C20H16F2N4O2/c21-12-4-1-11(2-5-12)3-6-15-13-9-17(14(22)10-16(13)26-25-15)24-19(28)20(7-8-20)18(23)27/h1-6,9-10H,7-8H2,(H2,23,27)(H,24,28)(H,25,26). The topological polar surface area (TPSA) is 101 Å². The van der Waals surface area contributed by atoms with E-state index in [4.69, 9.17) is 5.73 Å². The number of carbonyl (C=O) groups excluding carboxylic acids is 2. The summed E-state index contributed by atoms with van der Waals surface area (Å²) in [6.45, 7) is 0. The molecular formula is C20H16F2N4O2. The molecule has 1 aromatic heterocycles. The number of nitrogens with one attached hydrogen (secondary N) is 2. The Labute approximate surface area is 158 Å². The number of halogens is 2. The van der Waals surface area contributed by atoms with Crippen LogP contribution in [0, 0.1) is 17.0 Å². The van der Waals surface area contributed by atoms with Crippen molar-refractivity contribution in [1.82, 2.24) is 10.2 Å². The average molecular weight is 382 g/mol. The number of carbonyl (C=O) groups is 2. The number of aromatic nitrogens is 2. The molecule has 2 amide bonds. The number of anilines is 1. The van der Waals surface area contributed by atoms with Crippen LogP contribution in [0.1, 0.15) is 24.1 Å². The van der Waals surface area contributed by atoms with Crippen molar-refractivity contribution in [3.05, 3.63) is 59.3 Å². The highest BCUT2D eigenvalue weighted by Crippen LogP contribution is 2.46. The van der Waals surface area contributed by atoms with E-state index in [1.165, 1.54) is 24.3 Å². The molecule has 6 nitrogen and oxygen atoms in total. The van der Waals surface area contributed by atoms with E-state index < -0.39 is 23.0 Å². The second-order valence-corrected chi connectivity index (χ2v) is 6.77. The van der Waals surface area contributed by atoms with Crippen molar-refractivity contribution in [3.63, 3.8) is 0 Å². The highest BCUT2D eigenvalue weighted by molar-refractivity contribution is 6.13. The molecule has 8 heteroatoms. The number of rotatable bonds is 5. The molecule has 28 heavy (non-hydrogen) atoms. The van der Waals surface area contributed by atoms with Crippen LogP contribution in [-0.4, -0.2) is 22.0 Å². The Morgan fingerprint density at radius 3 is 2.50 bits per heavy atom. The van der Waals surface area contributed by atoms with E-state index >= 15 is 0 Å². The molecule has 0 saturated heterocycles. The second-order valence-electron chi connectivity index (χ2n) is 6.77. The maximum absolute atomic E-state index is 14.4. The van der Waals surface area contributed by atoms with Crippen LogP contribution in [0.3, 0.4) is 0 Å². The molecule has 4 N–H and O–H groups in total. The Hall–Kier alpha value is -3.55. The van der Waals surface area contributed by atoms with Gasteiger partial charge in [-0.25, -0.2) is 8.78 Å². The van der Waals surface area contributed by atoms with E-state index in [0.29, 0.717) is 29.4 Å². The SMILES string of the molecule is NC(=O)C1(C(=O)Nc2cc3c(C=Cc4ccc(F)cc4)n[nH]c3cc2F)CC1. The summed E-state index contributed by atoms with van der Waals surface area (Å²) in [5.74, 6) is -2.30. The smallest absolute Gasteiger partial charge is 0.240 e. The third-order valence-corrected chi connectivity index (χ3v) is 4.89. The number of fused-ring (bicyclic) bond motifs is 1. The molecule has 4 rings (SSSR count). The van der Waals surface area contributed by atoms with Crippen molar-refractivity contribution in [2.24, 2.45) is 11.1 Å². The van der Waals surface area contributed by atoms with Crippen LogP contribution >= 0.6 is 0 Å². The summed E-state index contributed by atoms with van der Waals surface area (Å²) in [6, 6.07) is 8.59. The first-order valence-electron chi connectivity index (χ1n) is 8.62. The van der Waals surface area contributed by atoms with Crippen molar-refractivity contribution in [2.45, 2.75) is 12.8 Å². The second kappa shape index (κ2) is 6.56. The maximum atomic E-state index is 14.4. The van der Waals surface area contributed by atoms with Gasteiger partial charge in [-0.3, -0.25) is 14.7 Å². The third kappa shape index (κ3) is 3.13. The number of H-pyrrole nitrogens is 1. The number of benzene rings is 2.